The maximum Gasteiger partial charge on any atom is 0.157 e. The van der Waals surface area contributed by atoms with Gasteiger partial charge in [0, 0.05) is 31.9 Å². The van der Waals surface area contributed by atoms with Gasteiger partial charge in [0.05, 0.1) is 0 Å². The molecule has 2 N–H and O–H groups in total. The summed E-state index contributed by atoms with van der Waals surface area (Å²) in [5, 5.41) is 6.66. The van der Waals surface area contributed by atoms with Gasteiger partial charge in [0.25, 0.3) is 0 Å². The zero-order chi connectivity index (χ0) is 13.0. The van der Waals surface area contributed by atoms with Crippen LogP contribution < -0.4 is 10.6 Å². The standard InChI is InChI=1S/C14H21N3O/c1-11-4-3-5-12(2)14(11)16-13(10-18)17-8-6-15-7-9-17/h3-5,10,13,15-16H,6-9H2,1-2H3. The van der Waals surface area contributed by atoms with E-state index < -0.39 is 0 Å². The molecule has 4 nitrogen and oxygen atoms in total. The summed E-state index contributed by atoms with van der Waals surface area (Å²) in [5.74, 6) is 0. The zero-order valence-electron chi connectivity index (χ0n) is 11.1. The first-order valence-corrected chi connectivity index (χ1v) is 6.45. The van der Waals surface area contributed by atoms with Gasteiger partial charge < -0.3 is 10.6 Å². The van der Waals surface area contributed by atoms with Crippen LogP contribution in [0, 0.1) is 13.8 Å². The second-order valence-corrected chi connectivity index (χ2v) is 4.78. The average Bonchev–Trinajstić information content (AvgIpc) is 2.40. The van der Waals surface area contributed by atoms with Crippen molar-refractivity contribution in [1.82, 2.24) is 10.2 Å². The first-order valence-electron chi connectivity index (χ1n) is 6.45. The highest BCUT2D eigenvalue weighted by Crippen LogP contribution is 2.20. The van der Waals surface area contributed by atoms with E-state index >= 15 is 0 Å². The van der Waals surface area contributed by atoms with Crippen LogP contribution >= 0.6 is 0 Å². The molecule has 0 radical (unpaired) electrons. The van der Waals surface area contributed by atoms with Gasteiger partial charge in [0.2, 0.25) is 0 Å². The van der Waals surface area contributed by atoms with E-state index in [1.807, 2.05) is 6.07 Å². The lowest BCUT2D eigenvalue weighted by Gasteiger charge is -2.33. The second kappa shape index (κ2) is 5.98. The molecule has 2 rings (SSSR count). The number of carbonyl (C=O) groups excluding carboxylic acids is 1. The van der Waals surface area contributed by atoms with E-state index in [1.165, 1.54) is 11.1 Å². The fraction of sp³-hybridized carbons (Fsp3) is 0.500. The molecule has 1 aliphatic heterocycles. The average molecular weight is 247 g/mol. The van der Waals surface area contributed by atoms with Crippen molar-refractivity contribution in [2.24, 2.45) is 0 Å². The number of rotatable bonds is 4. The Morgan fingerprint density at radius 3 is 2.44 bits per heavy atom. The van der Waals surface area contributed by atoms with E-state index in [0.717, 1.165) is 38.2 Å². The number of aryl methyl sites for hydroxylation is 2. The van der Waals surface area contributed by atoms with E-state index in [1.54, 1.807) is 0 Å². The van der Waals surface area contributed by atoms with Crippen LogP contribution in [0.3, 0.4) is 0 Å². The van der Waals surface area contributed by atoms with Crippen molar-refractivity contribution in [2.45, 2.75) is 20.0 Å². The van der Waals surface area contributed by atoms with Crippen molar-refractivity contribution in [1.29, 1.82) is 0 Å². The molecule has 1 aromatic carbocycles. The highest BCUT2D eigenvalue weighted by atomic mass is 16.1. The number of anilines is 1. The van der Waals surface area contributed by atoms with Gasteiger partial charge in [-0.1, -0.05) is 18.2 Å². The van der Waals surface area contributed by atoms with Crippen LogP contribution in [-0.4, -0.2) is 43.5 Å². The normalized spacial score (nSPS) is 18.3. The number of hydrogen-bond acceptors (Lipinski definition) is 4. The van der Waals surface area contributed by atoms with Crippen LogP contribution in [0.25, 0.3) is 0 Å². The van der Waals surface area contributed by atoms with Crippen molar-refractivity contribution in [3.63, 3.8) is 0 Å². The number of aldehydes is 1. The van der Waals surface area contributed by atoms with Crippen LogP contribution in [0.1, 0.15) is 11.1 Å². The zero-order valence-corrected chi connectivity index (χ0v) is 11.1. The summed E-state index contributed by atoms with van der Waals surface area (Å²) < 4.78 is 0. The molecule has 98 valence electrons. The summed E-state index contributed by atoms with van der Waals surface area (Å²) in [6.45, 7) is 7.82. The maximum atomic E-state index is 11.3. The molecular weight excluding hydrogens is 226 g/mol. The number of piperazine rings is 1. The summed E-state index contributed by atoms with van der Waals surface area (Å²) in [5.41, 5.74) is 3.43. The van der Waals surface area contributed by atoms with E-state index in [4.69, 9.17) is 0 Å². The van der Waals surface area contributed by atoms with Crippen molar-refractivity contribution in [3.05, 3.63) is 29.3 Å². The lowest BCUT2D eigenvalue weighted by molar-refractivity contribution is -0.111. The van der Waals surface area contributed by atoms with Crippen LogP contribution in [0.5, 0.6) is 0 Å². The van der Waals surface area contributed by atoms with Crippen LogP contribution in [-0.2, 0) is 4.79 Å². The largest absolute Gasteiger partial charge is 0.363 e. The topological polar surface area (TPSA) is 44.4 Å². The Morgan fingerprint density at radius 1 is 1.28 bits per heavy atom. The Bertz CT molecular complexity index is 393. The summed E-state index contributed by atoms with van der Waals surface area (Å²) in [7, 11) is 0. The van der Waals surface area contributed by atoms with Gasteiger partial charge in [-0.05, 0) is 25.0 Å². The first kappa shape index (κ1) is 13.1. The van der Waals surface area contributed by atoms with Gasteiger partial charge in [0.15, 0.2) is 6.29 Å². The summed E-state index contributed by atoms with van der Waals surface area (Å²) in [6.07, 6.45) is 0.767. The molecule has 4 heteroatoms. The van der Waals surface area contributed by atoms with E-state index in [0.29, 0.717) is 0 Å². The molecule has 1 saturated heterocycles. The lowest BCUT2D eigenvalue weighted by atomic mass is 10.1. The lowest BCUT2D eigenvalue weighted by Crippen LogP contribution is -2.51. The fourth-order valence-electron chi connectivity index (χ4n) is 2.36. The minimum Gasteiger partial charge on any atom is -0.363 e. The van der Waals surface area contributed by atoms with Gasteiger partial charge in [0.1, 0.15) is 6.17 Å². The maximum absolute atomic E-state index is 11.3. The quantitative estimate of drug-likeness (QED) is 0.783. The van der Waals surface area contributed by atoms with Crippen LogP contribution in [0.15, 0.2) is 18.2 Å². The molecule has 0 saturated carbocycles. The molecule has 1 aromatic rings. The molecule has 18 heavy (non-hydrogen) atoms. The monoisotopic (exact) mass is 247 g/mol. The number of nitrogens with zero attached hydrogens (tertiary/aromatic N) is 1. The highest BCUT2D eigenvalue weighted by Gasteiger charge is 2.20. The van der Waals surface area contributed by atoms with Gasteiger partial charge in [-0.2, -0.15) is 0 Å². The molecule has 1 atom stereocenters. The summed E-state index contributed by atoms with van der Waals surface area (Å²) in [6, 6.07) is 6.17. The van der Waals surface area contributed by atoms with Crippen molar-refractivity contribution >= 4 is 12.0 Å². The van der Waals surface area contributed by atoms with Gasteiger partial charge in [-0.25, -0.2) is 0 Å². The SMILES string of the molecule is Cc1cccc(C)c1NC(C=O)N1CCNCC1. The number of benzene rings is 1. The molecule has 1 aliphatic rings. The van der Waals surface area contributed by atoms with E-state index in [-0.39, 0.29) is 6.17 Å². The number of nitrogens with one attached hydrogen (secondary N) is 2. The number of carbonyl (C=O) groups is 1. The molecule has 1 heterocycles. The van der Waals surface area contributed by atoms with Crippen molar-refractivity contribution < 1.29 is 4.79 Å². The second-order valence-electron chi connectivity index (χ2n) is 4.78. The predicted molar refractivity (Wildman–Crippen MR) is 73.8 cm³/mol. The minimum atomic E-state index is -0.230. The summed E-state index contributed by atoms with van der Waals surface area (Å²) >= 11 is 0. The Kier molecular flexibility index (Phi) is 4.33. The van der Waals surface area contributed by atoms with Gasteiger partial charge in [-0.3, -0.25) is 9.69 Å². The summed E-state index contributed by atoms with van der Waals surface area (Å²) in [4.78, 5) is 13.5. The third-order valence-electron chi connectivity index (χ3n) is 3.45. The third-order valence-corrected chi connectivity index (χ3v) is 3.45. The molecule has 0 aromatic heterocycles. The smallest absolute Gasteiger partial charge is 0.157 e. The minimum absolute atomic E-state index is 0.230. The van der Waals surface area contributed by atoms with Crippen molar-refractivity contribution in [2.75, 3.05) is 31.5 Å². The Hall–Kier alpha value is -1.39. The number of hydrogen-bond donors (Lipinski definition) is 2. The highest BCUT2D eigenvalue weighted by molar-refractivity contribution is 5.67. The van der Waals surface area contributed by atoms with Crippen LogP contribution in [0.2, 0.25) is 0 Å². The molecular formula is C14H21N3O. The van der Waals surface area contributed by atoms with Gasteiger partial charge >= 0.3 is 0 Å². The predicted octanol–water partition coefficient (Wildman–Crippen LogP) is 1.15. The van der Waals surface area contributed by atoms with E-state index in [9.17, 15) is 4.79 Å². The number of para-hydroxylation sites is 1. The first-order chi connectivity index (χ1) is 8.72. The molecule has 1 fully saturated rings. The molecule has 0 amide bonds. The molecule has 0 spiro atoms. The Balaban J connectivity index is 2.12. The van der Waals surface area contributed by atoms with Gasteiger partial charge in [-0.15, -0.1) is 0 Å². The van der Waals surface area contributed by atoms with E-state index in [2.05, 4.69) is 41.5 Å². The Labute approximate surface area is 108 Å². The molecule has 0 bridgehead atoms. The fourth-order valence-corrected chi connectivity index (χ4v) is 2.36. The third kappa shape index (κ3) is 2.89. The molecule has 1 unspecified atom stereocenters. The van der Waals surface area contributed by atoms with Crippen LogP contribution in [0.4, 0.5) is 5.69 Å². The van der Waals surface area contributed by atoms with Crippen molar-refractivity contribution in [3.8, 4) is 0 Å². The molecule has 0 aliphatic carbocycles. The Morgan fingerprint density at radius 2 is 1.89 bits per heavy atom.